The van der Waals surface area contributed by atoms with Gasteiger partial charge in [0, 0.05) is 12.2 Å². The van der Waals surface area contributed by atoms with Crippen molar-refractivity contribution in [2.75, 3.05) is 11.9 Å². The Balaban J connectivity index is 2.10. The molecule has 21 heavy (non-hydrogen) atoms. The maximum atomic E-state index is 5.83. The minimum absolute atomic E-state index is 0.415. The molecule has 0 unspecified atom stereocenters. The van der Waals surface area contributed by atoms with Gasteiger partial charge in [0.15, 0.2) is 0 Å². The van der Waals surface area contributed by atoms with Crippen LogP contribution in [0.25, 0.3) is 0 Å². The quantitative estimate of drug-likeness (QED) is 0.830. The highest BCUT2D eigenvalue weighted by molar-refractivity contribution is 5.57. The number of nitrogens with one attached hydrogen (secondary N) is 1. The Morgan fingerprint density at radius 3 is 2.86 bits per heavy atom. The van der Waals surface area contributed by atoms with Crippen LogP contribution in [-0.2, 0) is 6.54 Å². The van der Waals surface area contributed by atoms with E-state index < -0.39 is 0 Å². The van der Waals surface area contributed by atoms with E-state index in [-0.39, 0.29) is 0 Å². The molecule has 1 N–H and O–H groups in total. The smallest absolute Gasteiger partial charge is 0.142 e. The third-order valence-electron chi connectivity index (χ3n) is 3.36. The van der Waals surface area contributed by atoms with Gasteiger partial charge in [0.05, 0.1) is 30.9 Å². The molecule has 0 aliphatic heterocycles. The number of nitrogens with zero attached hydrogens (tertiary/aromatic N) is 2. The van der Waals surface area contributed by atoms with E-state index in [1.807, 2.05) is 12.5 Å². The van der Waals surface area contributed by atoms with Gasteiger partial charge < -0.3 is 14.6 Å². The summed E-state index contributed by atoms with van der Waals surface area (Å²) >= 11 is 0. The molecular formula is C17H25N3O. The summed E-state index contributed by atoms with van der Waals surface area (Å²) in [7, 11) is 0. The Hall–Kier alpha value is -1.97. The number of rotatable bonds is 7. The molecule has 4 nitrogen and oxygen atoms in total. The van der Waals surface area contributed by atoms with Gasteiger partial charge in [0.25, 0.3) is 0 Å². The van der Waals surface area contributed by atoms with E-state index in [0.29, 0.717) is 6.04 Å². The van der Waals surface area contributed by atoms with Crippen molar-refractivity contribution in [1.82, 2.24) is 9.55 Å². The van der Waals surface area contributed by atoms with Gasteiger partial charge in [0.1, 0.15) is 5.75 Å². The standard InChI is InChI=1S/C17H25N3O/c1-5-8-21-17-9-14(4)6-7-16(17)19-11-15-10-18-12-20(15)13(2)3/h6-7,9-10,12-13,19H,5,8,11H2,1-4H3. The van der Waals surface area contributed by atoms with Gasteiger partial charge in [-0.05, 0) is 44.9 Å². The Morgan fingerprint density at radius 2 is 2.14 bits per heavy atom. The van der Waals surface area contributed by atoms with Crippen LogP contribution in [-0.4, -0.2) is 16.2 Å². The fourth-order valence-corrected chi connectivity index (χ4v) is 2.23. The molecular weight excluding hydrogens is 262 g/mol. The highest BCUT2D eigenvalue weighted by Gasteiger charge is 2.08. The van der Waals surface area contributed by atoms with E-state index in [1.165, 1.54) is 11.3 Å². The lowest BCUT2D eigenvalue weighted by Gasteiger charge is -2.16. The number of anilines is 1. The van der Waals surface area contributed by atoms with E-state index in [1.54, 1.807) is 0 Å². The first kappa shape index (κ1) is 15.4. The van der Waals surface area contributed by atoms with Gasteiger partial charge >= 0.3 is 0 Å². The maximum absolute atomic E-state index is 5.83. The van der Waals surface area contributed by atoms with Crippen molar-refractivity contribution in [2.45, 2.75) is 46.7 Å². The van der Waals surface area contributed by atoms with Crippen LogP contribution in [0, 0.1) is 6.92 Å². The van der Waals surface area contributed by atoms with Crippen LogP contribution in [0.2, 0.25) is 0 Å². The number of imidazole rings is 1. The molecule has 0 bridgehead atoms. The van der Waals surface area contributed by atoms with Crippen molar-refractivity contribution in [1.29, 1.82) is 0 Å². The van der Waals surface area contributed by atoms with Crippen LogP contribution < -0.4 is 10.1 Å². The molecule has 0 saturated carbocycles. The summed E-state index contributed by atoms with van der Waals surface area (Å²) in [6.07, 6.45) is 4.80. The van der Waals surface area contributed by atoms with E-state index in [9.17, 15) is 0 Å². The summed E-state index contributed by atoms with van der Waals surface area (Å²) in [6.45, 7) is 9.99. The summed E-state index contributed by atoms with van der Waals surface area (Å²) in [5.74, 6) is 0.924. The molecule has 0 spiro atoms. The van der Waals surface area contributed by atoms with Crippen LogP contribution in [0.15, 0.2) is 30.7 Å². The number of aryl methyl sites for hydroxylation is 1. The molecule has 114 valence electrons. The zero-order chi connectivity index (χ0) is 15.2. The number of ether oxygens (including phenoxy) is 1. The van der Waals surface area contributed by atoms with Gasteiger partial charge in [-0.25, -0.2) is 4.98 Å². The fraction of sp³-hybridized carbons (Fsp3) is 0.471. The third-order valence-corrected chi connectivity index (χ3v) is 3.36. The van der Waals surface area contributed by atoms with Crippen molar-refractivity contribution >= 4 is 5.69 Å². The molecule has 0 aliphatic rings. The second kappa shape index (κ2) is 7.16. The van der Waals surface area contributed by atoms with Gasteiger partial charge in [0.2, 0.25) is 0 Å². The summed E-state index contributed by atoms with van der Waals surface area (Å²) < 4.78 is 8.00. The normalized spacial score (nSPS) is 10.9. The maximum Gasteiger partial charge on any atom is 0.142 e. The molecule has 4 heteroatoms. The van der Waals surface area contributed by atoms with Crippen molar-refractivity contribution in [3.8, 4) is 5.75 Å². The lowest BCUT2D eigenvalue weighted by molar-refractivity contribution is 0.318. The summed E-state index contributed by atoms with van der Waals surface area (Å²) in [5.41, 5.74) is 3.41. The number of aromatic nitrogens is 2. The van der Waals surface area contributed by atoms with Gasteiger partial charge in [-0.3, -0.25) is 0 Å². The molecule has 1 aromatic carbocycles. The largest absolute Gasteiger partial charge is 0.491 e. The van der Waals surface area contributed by atoms with Crippen LogP contribution in [0.4, 0.5) is 5.69 Å². The molecule has 0 saturated heterocycles. The minimum atomic E-state index is 0.415. The van der Waals surface area contributed by atoms with E-state index >= 15 is 0 Å². The highest BCUT2D eigenvalue weighted by atomic mass is 16.5. The van der Waals surface area contributed by atoms with Crippen LogP contribution in [0.5, 0.6) is 5.75 Å². The molecule has 0 aliphatic carbocycles. The SMILES string of the molecule is CCCOc1cc(C)ccc1NCc1cncn1C(C)C. The number of benzene rings is 1. The zero-order valence-corrected chi connectivity index (χ0v) is 13.4. The topological polar surface area (TPSA) is 39.1 Å². The average molecular weight is 287 g/mol. The Morgan fingerprint density at radius 1 is 1.33 bits per heavy atom. The van der Waals surface area contributed by atoms with Crippen LogP contribution >= 0.6 is 0 Å². The second-order valence-electron chi connectivity index (χ2n) is 5.59. The van der Waals surface area contributed by atoms with Gasteiger partial charge in [-0.1, -0.05) is 13.0 Å². The first-order valence-corrected chi connectivity index (χ1v) is 7.59. The second-order valence-corrected chi connectivity index (χ2v) is 5.59. The minimum Gasteiger partial charge on any atom is -0.491 e. The first-order chi connectivity index (χ1) is 10.1. The molecule has 0 radical (unpaired) electrons. The zero-order valence-electron chi connectivity index (χ0n) is 13.4. The first-order valence-electron chi connectivity index (χ1n) is 7.59. The van der Waals surface area contributed by atoms with Gasteiger partial charge in [-0.2, -0.15) is 0 Å². The number of hydrogen-bond donors (Lipinski definition) is 1. The third kappa shape index (κ3) is 4.00. The Labute approximate surface area is 127 Å². The van der Waals surface area contributed by atoms with E-state index in [4.69, 9.17) is 4.74 Å². The van der Waals surface area contributed by atoms with E-state index in [0.717, 1.165) is 31.0 Å². The predicted molar refractivity (Wildman–Crippen MR) is 86.9 cm³/mol. The lowest BCUT2D eigenvalue weighted by Crippen LogP contribution is -2.09. The van der Waals surface area contributed by atoms with E-state index in [2.05, 4.69) is 60.8 Å². The number of hydrogen-bond acceptors (Lipinski definition) is 3. The highest BCUT2D eigenvalue weighted by Crippen LogP contribution is 2.26. The Kier molecular flexibility index (Phi) is 5.26. The molecule has 2 rings (SSSR count). The summed E-state index contributed by atoms with van der Waals surface area (Å²) in [6, 6.07) is 6.67. The molecule has 1 heterocycles. The fourth-order valence-electron chi connectivity index (χ4n) is 2.23. The monoisotopic (exact) mass is 287 g/mol. The van der Waals surface area contributed by atoms with Crippen LogP contribution in [0.3, 0.4) is 0 Å². The molecule has 0 fully saturated rings. The average Bonchev–Trinajstić information content (AvgIpc) is 2.92. The molecule has 0 atom stereocenters. The van der Waals surface area contributed by atoms with Crippen LogP contribution in [0.1, 0.15) is 44.5 Å². The van der Waals surface area contributed by atoms with Crippen molar-refractivity contribution in [2.24, 2.45) is 0 Å². The van der Waals surface area contributed by atoms with Crippen molar-refractivity contribution in [3.05, 3.63) is 42.0 Å². The molecule has 1 aromatic heterocycles. The molecule has 0 amide bonds. The predicted octanol–water partition coefficient (Wildman–Crippen LogP) is 4.17. The Bertz CT molecular complexity index is 575. The summed E-state index contributed by atoms with van der Waals surface area (Å²) in [4.78, 5) is 4.23. The van der Waals surface area contributed by atoms with Crippen molar-refractivity contribution < 1.29 is 4.74 Å². The molecule has 2 aromatic rings. The lowest BCUT2D eigenvalue weighted by atomic mass is 10.2. The van der Waals surface area contributed by atoms with Gasteiger partial charge in [-0.15, -0.1) is 0 Å². The summed E-state index contributed by atoms with van der Waals surface area (Å²) in [5, 5.41) is 3.46. The van der Waals surface area contributed by atoms with Crippen molar-refractivity contribution in [3.63, 3.8) is 0 Å².